The van der Waals surface area contributed by atoms with Crippen LogP contribution in [0.4, 0.5) is 0 Å². The van der Waals surface area contributed by atoms with Gasteiger partial charge in [-0.2, -0.15) is 11.3 Å². The van der Waals surface area contributed by atoms with Gasteiger partial charge in [0.15, 0.2) is 0 Å². The molecule has 1 atom stereocenters. The first-order valence-corrected chi connectivity index (χ1v) is 10.5. The lowest BCUT2D eigenvalue weighted by Gasteiger charge is -2.30. The van der Waals surface area contributed by atoms with Gasteiger partial charge in [-0.15, -0.1) is 0 Å². The quantitative estimate of drug-likeness (QED) is 0.751. The van der Waals surface area contributed by atoms with Gasteiger partial charge in [-0.25, -0.2) is 0 Å². The highest BCUT2D eigenvalue weighted by atomic mass is 32.1. The van der Waals surface area contributed by atoms with Gasteiger partial charge in [0.05, 0.1) is 6.04 Å². The molecule has 0 spiro atoms. The van der Waals surface area contributed by atoms with Crippen LogP contribution in [0, 0.1) is 0 Å². The zero-order valence-electron chi connectivity index (χ0n) is 15.5. The first kappa shape index (κ1) is 19.6. The molecule has 3 rings (SSSR count). The van der Waals surface area contributed by atoms with Crippen LogP contribution in [0.25, 0.3) is 0 Å². The number of carbonyl (C=O) groups excluding carboxylic acids is 2. The largest absolute Gasteiger partial charge is 0.346 e. The molecule has 1 saturated heterocycles. The number of benzene rings is 1. The van der Waals surface area contributed by atoms with Crippen molar-refractivity contribution in [1.82, 2.24) is 15.5 Å². The van der Waals surface area contributed by atoms with Gasteiger partial charge in [-0.05, 0) is 53.9 Å². The van der Waals surface area contributed by atoms with Crippen LogP contribution in [-0.2, 0) is 16.1 Å². The second kappa shape index (κ2) is 10.2. The van der Waals surface area contributed by atoms with Crippen molar-refractivity contribution in [1.29, 1.82) is 0 Å². The molecule has 0 radical (unpaired) electrons. The van der Waals surface area contributed by atoms with Gasteiger partial charge in [0.1, 0.15) is 0 Å². The van der Waals surface area contributed by atoms with Crippen molar-refractivity contribution < 1.29 is 9.59 Å². The van der Waals surface area contributed by atoms with E-state index in [1.165, 1.54) is 31.2 Å². The molecule has 1 aliphatic rings. The number of amides is 2. The van der Waals surface area contributed by atoms with E-state index in [4.69, 9.17) is 0 Å². The highest BCUT2D eigenvalue weighted by molar-refractivity contribution is 7.08. The maximum absolute atomic E-state index is 12.2. The number of nitrogens with one attached hydrogen (secondary N) is 2. The van der Waals surface area contributed by atoms with E-state index in [9.17, 15) is 9.59 Å². The molecule has 2 heterocycles. The van der Waals surface area contributed by atoms with Crippen molar-refractivity contribution in [3.63, 3.8) is 0 Å². The summed E-state index contributed by atoms with van der Waals surface area (Å²) >= 11 is 1.66. The Labute approximate surface area is 164 Å². The minimum absolute atomic E-state index is 0.125. The Bertz CT molecular complexity index is 710. The monoisotopic (exact) mass is 385 g/mol. The summed E-state index contributed by atoms with van der Waals surface area (Å²) < 4.78 is 0. The smallest absolute Gasteiger partial charge is 0.309 e. The first-order chi connectivity index (χ1) is 13.2. The van der Waals surface area contributed by atoms with Crippen LogP contribution in [0.2, 0.25) is 0 Å². The van der Waals surface area contributed by atoms with Gasteiger partial charge < -0.3 is 10.6 Å². The minimum Gasteiger partial charge on any atom is -0.346 e. The predicted octanol–water partition coefficient (Wildman–Crippen LogP) is 3.10. The molecule has 2 aromatic rings. The molecule has 0 unspecified atom stereocenters. The standard InChI is InChI=1S/C21H27N3O2S/c25-20(22-14-17-8-4-3-5-9-17)21(26)23-15-19(18-10-13-27-16-18)24-11-6-1-2-7-12-24/h3-5,8-10,13,16,19H,1-2,6-7,11-12,14-15H2,(H,22,25)(H,23,26)/t19-/m1/s1. The first-order valence-electron chi connectivity index (χ1n) is 9.60. The molecule has 1 fully saturated rings. The number of rotatable bonds is 6. The second-order valence-electron chi connectivity index (χ2n) is 6.90. The van der Waals surface area contributed by atoms with E-state index in [2.05, 4.69) is 32.4 Å². The van der Waals surface area contributed by atoms with Crippen LogP contribution in [-0.4, -0.2) is 36.3 Å². The van der Waals surface area contributed by atoms with Gasteiger partial charge in [0.2, 0.25) is 0 Å². The summed E-state index contributed by atoms with van der Waals surface area (Å²) in [7, 11) is 0. The van der Waals surface area contributed by atoms with Gasteiger partial charge in [-0.3, -0.25) is 14.5 Å². The fourth-order valence-electron chi connectivity index (χ4n) is 3.46. The third kappa shape index (κ3) is 5.91. The van der Waals surface area contributed by atoms with E-state index in [0.717, 1.165) is 18.7 Å². The third-order valence-electron chi connectivity index (χ3n) is 4.97. The van der Waals surface area contributed by atoms with E-state index in [-0.39, 0.29) is 6.04 Å². The molecule has 6 heteroatoms. The Kier molecular flexibility index (Phi) is 7.42. The van der Waals surface area contributed by atoms with Crippen molar-refractivity contribution >= 4 is 23.2 Å². The topological polar surface area (TPSA) is 61.4 Å². The van der Waals surface area contributed by atoms with Crippen molar-refractivity contribution in [2.24, 2.45) is 0 Å². The van der Waals surface area contributed by atoms with Gasteiger partial charge in [0, 0.05) is 13.1 Å². The molecule has 1 aromatic carbocycles. The lowest BCUT2D eigenvalue weighted by Crippen LogP contribution is -2.44. The van der Waals surface area contributed by atoms with Crippen LogP contribution >= 0.6 is 11.3 Å². The Balaban J connectivity index is 1.54. The molecular weight excluding hydrogens is 358 g/mol. The number of carbonyl (C=O) groups is 2. The molecule has 27 heavy (non-hydrogen) atoms. The molecule has 2 N–H and O–H groups in total. The fraction of sp³-hybridized carbons (Fsp3) is 0.429. The molecule has 0 bridgehead atoms. The normalized spacial score (nSPS) is 16.3. The predicted molar refractivity (Wildman–Crippen MR) is 108 cm³/mol. The fourth-order valence-corrected chi connectivity index (χ4v) is 4.16. The van der Waals surface area contributed by atoms with Crippen molar-refractivity contribution in [2.45, 2.75) is 38.3 Å². The SMILES string of the molecule is O=C(NCc1ccccc1)C(=O)NC[C@H](c1ccsc1)N1CCCCCC1. The van der Waals surface area contributed by atoms with Crippen molar-refractivity contribution in [3.05, 3.63) is 58.3 Å². The zero-order chi connectivity index (χ0) is 18.9. The lowest BCUT2D eigenvalue weighted by atomic mass is 10.1. The second-order valence-corrected chi connectivity index (χ2v) is 7.68. The number of nitrogens with zero attached hydrogens (tertiary/aromatic N) is 1. The molecule has 5 nitrogen and oxygen atoms in total. The summed E-state index contributed by atoms with van der Waals surface area (Å²) in [5.41, 5.74) is 2.19. The van der Waals surface area contributed by atoms with Gasteiger partial charge >= 0.3 is 11.8 Å². The summed E-state index contributed by atoms with van der Waals surface area (Å²) in [6.07, 6.45) is 4.90. The maximum Gasteiger partial charge on any atom is 0.309 e. The highest BCUT2D eigenvalue weighted by Gasteiger charge is 2.23. The Morgan fingerprint density at radius 2 is 1.67 bits per heavy atom. The summed E-state index contributed by atoms with van der Waals surface area (Å²) in [6, 6.07) is 11.8. The van der Waals surface area contributed by atoms with Crippen molar-refractivity contribution in [2.75, 3.05) is 19.6 Å². The summed E-state index contributed by atoms with van der Waals surface area (Å²) in [6.45, 7) is 2.88. The summed E-state index contributed by atoms with van der Waals surface area (Å²) in [5.74, 6) is -1.15. The Morgan fingerprint density at radius 1 is 0.963 bits per heavy atom. The average Bonchev–Trinajstić information content (AvgIpc) is 3.09. The average molecular weight is 386 g/mol. The van der Waals surface area contributed by atoms with Crippen LogP contribution in [0.3, 0.4) is 0 Å². The molecule has 2 amide bonds. The highest BCUT2D eigenvalue weighted by Crippen LogP contribution is 2.25. The molecule has 0 aliphatic carbocycles. The number of likely N-dealkylation sites (tertiary alicyclic amines) is 1. The molecule has 0 saturated carbocycles. The molecule has 1 aliphatic heterocycles. The zero-order valence-corrected chi connectivity index (χ0v) is 16.3. The molecule has 1 aromatic heterocycles. The van der Waals surface area contributed by atoms with E-state index in [1.54, 1.807) is 11.3 Å². The van der Waals surface area contributed by atoms with Gasteiger partial charge in [-0.1, -0.05) is 43.2 Å². The van der Waals surface area contributed by atoms with E-state index in [1.807, 2.05) is 30.3 Å². The Hall–Kier alpha value is -2.18. The maximum atomic E-state index is 12.2. The van der Waals surface area contributed by atoms with E-state index >= 15 is 0 Å². The summed E-state index contributed by atoms with van der Waals surface area (Å²) in [4.78, 5) is 26.8. The third-order valence-corrected chi connectivity index (χ3v) is 5.67. The van der Waals surface area contributed by atoms with Crippen LogP contribution in [0.5, 0.6) is 0 Å². The van der Waals surface area contributed by atoms with Crippen LogP contribution in [0.15, 0.2) is 47.2 Å². The minimum atomic E-state index is -0.584. The van der Waals surface area contributed by atoms with Crippen LogP contribution < -0.4 is 10.6 Å². The van der Waals surface area contributed by atoms with Crippen LogP contribution in [0.1, 0.15) is 42.9 Å². The molecule has 144 valence electrons. The number of thiophene rings is 1. The van der Waals surface area contributed by atoms with E-state index < -0.39 is 11.8 Å². The number of hydrogen-bond donors (Lipinski definition) is 2. The number of hydrogen-bond acceptors (Lipinski definition) is 4. The lowest BCUT2D eigenvalue weighted by molar-refractivity contribution is -0.139. The summed E-state index contributed by atoms with van der Waals surface area (Å²) in [5, 5.41) is 9.72. The van der Waals surface area contributed by atoms with Crippen molar-refractivity contribution in [3.8, 4) is 0 Å². The molecular formula is C21H27N3O2S. The van der Waals surface area contributed by atoms with Gasteiger partial charge in [0.25, 0.3) is 0 Å². The van der Waals surface area contributed by atoms with E-state index in [0.29, 0.717) is 13.1 Å². The Morgan fingerprint density at radius 3 is 2.33 bits per heavy atom.